The molecule has 0 fully saturated rings. The van der Waals surface area contributed by atoms with Gasteiger partial charge >= 0.3 is 0 Å². The van der Waals surface area contributed by atoms with Crippen molar-refractivity contribution in [3.63, 3.8) is 0 Å². The number of fused-ring (bicyclic) bond motifs is 1. The quantitative estimate of drug-likeness (QED) is 0.332. The van der Waals surface area contributed by atoms with Crippen molar-refractivity contribution in [1.29, 1.82) is 0 Å². The first-order valence-corrected chi connectivity index (χ1v) is 9.63. The molecule has 0 bridgehead atoms. The minimum atomic E-state index is 0.586. The van der Waals surface area contributed by atoms with Crippen LogP contribution in [0.15, 0.2) is 65.7 Å². The van der Waals surface area contributed by atoms with Crippen molar-refractivity contribution in [3.05, 3.63) is 81.8 Å². The molecule has 0 aliphatic heterocycles. The predicted octanol–water partition coefficient (Wildman–Crippen LogP) is 7.33. The van der Waals surface area contributed by atoms with Gasteiger partial charge < -0.3 is 0 Å². The Hall–Kier alpha value is -2.20. The number of nitrogens with zero attached hydrogens (tertiary/aromatic N) is 2. The first kappa shape index (κ1) is 17.2. The minimum Gasteiger partial charge on any atom is -0.256 e. The summed E-state index contributed by atoms with van der Waals surface area (Å²) in [6.45, 7) is 2.09. The number of thiazole rings is 1. The van der Waals surface area contributed by atoms with Gasteiger partial charge in [0.05, 0.1) is 25.9 Å². The van der Waals surface area contributed by atoms with E-state index in [1.165, 1.54) is 10.3 Å². The molecular weight excluding hydrogens is 383 g/mol. The lowest BCUT2D eigenvalue weighted by Gasteiger charge is -2.01. The molecule has 3 aromatic carbocycles. The Morgan fingerprint density at radius 3 is 2.42 bits per heavy atom. The van der Waals surface area contributed by atoms with Crippen LogP contribution in [0.2, 0.25) is 10.0 Å². The molecule has 0 amide bonds. The monoisotopic (exact) mass is 396 g/mol. The Morgan fingerprint density at radius 1 is 0.962 bits per heavy atom. The normalized spacial score (nSPS) is 11.5. The summed E-state index contributed by atoms with van der Waals surface area (Å²) in [7, 11) is 0. The third kappa shape index (κ3) is 3.51. The zero-order valence-electron chi connectivity index (χ0n) is 13.9. The largest absolute Gasteiger partial charge is 0.256 e. The van der Waals surface area contributed by atoms with Crippen molar-refractivity contribution in [2.24, 2.45) is 4.99 Å². The number of aliphatic imine (C=N–C) groups is 1. The number of benzene rings is 3. The molecular formula is C21H14Cl2N2S. The summed E-state index contributed by atoms with van der Waals surface area (Å²) < 4.78 is 1.20. The molecule has 0 radical (unpaired) electrons. The van der Waals surface area contributed by atoms with Gasteiger partial charge in [-0.3, -0.25) is 4.99 Å². The maximum Gasteiger partial charge on any atom is 0.124 e. The van der Waals surface area contributed by atoms with Crippen LogP contribution in [0.4, 0.5) is 5.69 Å². The molecule has 0 saturated carbocycles. The summed E-state index contributed by atoms with van der Waals surface area (Å²) in [5, 5.41) is 2.18. The molecule has 26 heavy (non-hydrogen) atoms. The van der Waals surface area contributed by atoms with E-state index >= 15 is 0 Å². The second-order valence-electron chi connectivity index (χ2n) is 5.93. The van der Waals surface area contributed by atoms with Gasteiger partial charge in [0.15, 0.2) is 0 Å². The second kappa shape index (κ2) is 7.20. The Morgan fingerprint density at radius 2 is 1.69 bits per heavy atom. The van der Waals surface area contributed by atoms with Crippen LogP contribution in [0.5, 0.6) is 0 Å². The second-order valence-corrected chi connectivity index (χ2v) is 7.78. The highest BCUT2D eigenvalue weighted by Gasteiger charge is 2.07. The Labute approximate surface area is 165 Å². The first-order valence-electron chi connectivity index (χ1n) is 8.06. The third-order valence-corrected chi connectivity index (χ3v) is 5.73. The van der Waals surface area contributed by atoms with Crippen molar-refractivity contribution in [2.75, 3.05) is 0 Å². The smallest absolute Gasteiger partial charge is 0.124 e. The van der Waals surface area contributed by atoms with Gasteiger partial charge in [0.2, 0.25) is 0 Å². The number of hydrogen-bond acceptors (Lipinski definition) is 3. The van der Waals surface area contributed by atoms with E-state index in [-0.39, 0.29) is 0 Å². The van der Waals surface area contributed by atoms with Gasteiger partial charge in [0.1, 0.15) is 5.01 Å². The number of aryl methyl sites for hydroxylation is 1. The van der Waals surface area contributed by atoms with Crippen LogP contribution in [-0.4, -0.2) is 11.2 Å². The molecule has 0 aliphatic rings. The minimum absolute atomic E-state index is 0.586. The van der Waals surface area contributed by atoms with Crippen molar-refractivity contribution in [1.82, 2.24) is 4.98 Å². The summed E-state index contributed by atoms with van der Waals surface area (Å²) in [6, 6.07) is 19.7. The molecule has 2 nitrogen and oxygen atoms in total. The van der Waals surface area contributed by atoms with E-state index in [9.17, 15) is 0 Å². The highest BCUT2D eigenvalue weighted by atomic mass is 35.5. The van der Waals surface area contributed by atoms with Crippen LogP contribution in [0.3, 0.4) is 0 Å². The molecule has 0 aliphatic carbocycles. The topological polar surface area (TPSA) is 25.2 Å². The molecule has 0 spiro atoms. The van der Waals surface area contributed by atoms with Gasteiger partial charge in [-0.05, 0) is 61.0 Å². The summed E-state index contributed by atoms with van der Waals surface area (Å²) in [5.74, 6) is 0. The van der Waals surface area contributed by atoms with Gasteiger partial charge in [-0.1, -0.05) is 35.3 Å². The van der Waals surface area contributed by atoms with E-state index in [4.69, 9.17) is 28.2 Å². The number of halogens is 2. The molecule has 1 aromatic heterocycles. The first-order chi connectivity index (χ1) is 12.6. The summed E-state index contributed by atoms with van der Waals surface area (Å²) >= 11 is 14.0. The van der Waals surface area contributed by atoms with Crippen molar-refractivity contribution in [3.8, 4) is 10.6 Å². The van der Waals surface area contributed by atoms with Gasteiger partial charge in [-0.15, -0.1) is 11.3 Å². The molecule has 0 atom stereocenters. The number of aromatic nitrogens is 1. The SMILES string of the molecule is Cc1ccc2nc(-c3ccc(N=Cc4c(Cl)cccc4Cl)cc3)sc2c1. The third-order valence-electron chi connectivity index (χ3n) is 4.00. The number of rotatable bonds is 3. The predicted molar refractivity (Wildman–Crippen MR) is 114 cm³/mol. The maximum absolute atomic E-state index is 6.17. The molecule has 4 rings (SSSR count). The zero-order valence-corrected chi connectivity index (χ0v) is 16.2. The lowest BCUT2D eigenvalue weighted by atomic mass is 10.2. The standard InChI is InChI=1S/C21H14Cl2N2S/c1-13-5-10-19-20(11-13)26-21(25-19)14-6-8-15(9-7-14)24-12-16-17(22)3-2-4-18(16)23/h2-12H,1H3. The van der Waals surface area contributed by atoms with E-state index in [2.05, 4.69) is 30.1 Å². The van der Waals surface area contributed by atoms with Crippen molar-refractivity contribution < 1.29 is 0 Å². The van der Waals surface area contributed by atoms with Gasteiger partial charge in [-0.2, -0.15) is 0 Å². The fourth-order valence-corrected chi connectivity index (χ4v) is 4.18. The summed E-state index contributed by atoms with van der Waals surface area (Å²) in [5.41, 5.74) is 4.92. The lowest BCUT2D eigenvalue weighted by Crippen LogP contribution is -1.84. The molecule has 1 heterocycles. The van der Waals surface area contributed by atoms with E-state index < -0.39 is 0 Å². The van der Waals surface area contributed by atoms with Gasteiger partial charge in [0.25, 0.3) is 0 Å². The highest BCUT2D eigenvalue weighted by Crippen LogP contribution is 2.31. The molecule has 4 aromatic rings. The fraction of sp³-hybridized carbons (Fsp3) is 0.0476. The lowest BCUT2D eigenvalue weighted by molar-refractivity contribution is 1.45. The zero-order chi connectivity index (χ0) is 18.1. The molecule has 5 heteroatoms. The number of hydrogen-bond donors (Lipinski definition) is 0. The van der Waals surface area contributed by atoms with E-state index in [0.29, 0.717) is 10.0 Å². The fourth-order valence-electron chi connectivity index (χ4n) is 2.62. The van der Waals surface area contributed by atoms with Crippen LogP contribution in [0.1, 0.15) is 11.1 Å². The van der Waals surface area contributed by atoms with Crippen molar-refractivity contribution in [2.45, 2.75) is 6.92 Å². The van der Waals surface area contributed by atoms with Crippen LogP contribution < -0.4 is 0 Å². The van der Waals surface area contributed by atoms with Gasteiger partial charge in [-0.25, -0.2) is 4.98 Å². The Balaban J connectivity index is 1.61. The van der Waals surface area contributed by atoms with Crippen LogP contribution >= 0.6 is 34.5 Å². The van der Waals surface area contributed by atoms with Crippen LogP contribution in [0, 0.1) is 6.92 Å². The average Bonchev–Trinajstić information content (AvgIpc) is 3.05. The Bertz CT molecular complexity index is 1090. The molecule has 128 valence electrons. The van der Waals surface area contributed by atoms with E-state index in [1.807, 2.05) is 30.3 Å². The van der Waals surface area contributed by atoms with Gasteiger partial charge in [0, 0.05) is 17.3 Å². The molecule has 0 unspecified atom stereocenters. The molecule has 0 saturated heterocycles. The van der Waals surface area contributed by atoms with E-state index in [1.54, 1.807) is 29.7 Å². The maximum atomic E-state index is 6.17. The van der Waals surface area contributed by atoms with Crippen molar-refractivity contribution >= 4 is 56.7 Å². The summed E-state index contributed by atoms with van der Waals surface area (Å²) in [4.78, 5) is 9.19. The van der Waals surface area contributed by atoms with E-state index in [0.717, 1.165) is 27.3 Å². The molecule has 0 N–H and O–H groups in total. The summed E-state index contributed by atoms with van der Waals surface area (Å²) in [6.07, 6.45) is 1.69. The highest BCUT2D eigenvalue weighted by molar-refractivity contribution is 7.21. The van der Waals surface area contributed by atoms with Crippen LogP contribution in [0.25, 0.3) is 20.8 Å². The Kier molecular flexibility index (Phi) is 4.77. The average molecular weight is 397 g/mol. The van der Waals surface area contributed by atoms with Crippen LogP contribution in [-0.2, 0) is 0 Å².